The molecule has 0 aliphatic rings. The number of hydrogen-bond acceptors (Lipinski definition) is 2. The van der Waals surface area contributed by atoms with Crippen LogP contribution in [0.15, 0.2) is 42.5 Å². The van der Waals surface area contributed by atoms with Crippen LogP contribution < -0.4 is 10.5 Å². The van der Waals surface area contributed by atoms with Crippen LogP contribution >= 0.6 is 0 Å². The van der Waals surface area contributed by atoms with E-state index in [4.69, 9.17) is 10.5 Å². The van der Waals surface area contributed by atoms with E-state index in [0.29, 0.717) is 13.0 Å². The third-order valence-corrected chi connectivity index (χ3v) is 3.14. The molecular weight excluding hydrogens is 253 g/mol. The van der Waals surface area contributed by atoms with Gasteiger partial charge in [0.05, 0.1) is 0 Å². The zero-order valence-corrected chi connectivity index (χ0v) is 11.9. The maximum atomic E-state index is 13.0. The maximum Gasteiger partial charge on any atom is 0.125 e. The van der Waals surface area contributed by atoms with Crippen LogP contribution in [0.4, 0.5) is 4.39 Å². The Hall–Kier alpha value is -1.87. The van der Waals surface area contributed by atoms with Gasteiger partial charge in [-0.3, -0.25) is 0 Å². The molecule has 0 bridgehead atoms. The number of halogens is 1. The second-order valence-electron chi connectivity index (χ2n) is 5.06. The molecule has 20 heavy (non-hydrogen) atoms. The van der Waals surface area contributed by atoms with Gasteiger partial charge >= 0.3 is 0 Å². The predicted octanol–water partition coefficient (Wildman–Crippen LogP) is 3.91. The molecule has 0 saturated heterocycles. The molecule has 2 aromatic carbocycles. The highest BCUT2D eigenvalue weighted by Crippen LogP contribution is 2.26. The smallest absolute Gasteiger partial charge is 0.125 e. The van der Waals surface area contributed by atoms with Crippen LogP contribution in [0, 0.1) is 19.7 Å². The highest BCUT2D eigenvalue weighted by Gasteiger charge is 2.13. The van der Waals surface area contributed by atoms with Gasteiger partial charge in [0, 0.05) is 6.42 Å². The molecule has 106 valence electrons. The summed E-state index contributed by atoms with van der Waals surface area (Å²) in [5.41, 5.74) is 8.91. The third kappa shape index (κ3) is 3.81. The van der Waals surface area contributed by atoms with Crippen LogP contribution in [-0.4, -0.2) is 6.54 Å². The van der Waals surface area contributed by atoms with Crippen LogP contribution in [0.2, 0.25) is 0 Å². The lowest BCUT2D eigenvalue weighted by atomic mass is 10.1. The lowest BCUT2D eigenvalue weighted by Gasteiger charge is -2.19. The quantitative estimate of drug-likeness (QED) is 0.896. The number of nitrogens with two attached hydrogens (primary N) is 1. The zero-order valence-electron chi connectivity index (χ0n) is 11.9. The summed E-state index contributed by atoms with van der Waals surface area (Å²) < 4.78 is 19.0. The van der Waals surface area contributed by atoms with Crippen LogP contribution in [0.1, 0.15) is 29.2 Å². The fourth-order valence-electron chi connectivity index (χ4n) is 2.29. The van der Waals surface area contributed by atoms with E-state index in [1.54, 1.807) is 12.1 Å². The molecule has 0 aliphatic heterocycles. The van der Waals surface area contributed by atoms with Gasteiger partial charge in [0.15, 0.2) is 0 Å². The lowest BCUT2D eigenvalue weighted by molar-refractivity contribution is 0.197. The first kappa shape index (κ1) is 14.5. The summed E-state index contributed by atoms with van der Waals surface area (Å²) in [4.78, 5) is 0. The molecule has 2 aromatic rings. The molecule has 0 spiro atoms. The van der Waals surface area contributed by atoms with E-state index in [1.165, 1.54) is 12.1 Å². The molecule has 1 unspecified atom stereocenters. The van der Waals surface area contributed by atoms with Crippen LogP contribution in [0.3, 0.4) is 0 Å². The van der Waals surface area contributed by atoms with Gasteiger partial charge in [-0.25, -0.2) is 4.39 Å². The highest BCUT2D eigenvalue weighted by molar-refractivity contribution is 5.34. The summed E-state index contributed by atoms with van der Waals surface area (Å²) in [5, 5.41) is 0. The molecule has 3 heteroatoms. The maximum absolute atomic E-state index is 13.0. The van der Waals surface area contributed by atoms with E-state index in [0.717, 1.165) is 22.4 Å². The summed E-state index contributed by atoms with van der Waals surface area (Å²) in [6, 6.07) is 12.5. The van der Waals surface area contributed by atoms with Crippen molar-refractivity contribution >= 4 is 0 Å². The first-order valence-corrected chi connectivity index (χ1v) is 6.79. The topological polar surface area (TPSA) is 35.2 Å². The van der Waals surface area contributed by atoms with Gasteiger partial charge in [0.1, 0.15) is 17.7 Å². The van der Waals surface area contributed by atoms with Gasteiger partial charge in [-0.1, -0.05) is 18.2 Å². The normalized spacial score (nSPS) is 12.2. The lowest BCUT2D eigenvalue weighted by Crippen LogP contribution is -2.13. The van der Waals surface area contributed by atoms with Crippen molar-refractivity contribution in [1.29, 1.82) is 0 Å². The summed E-state index contributed by atoms with van der Waals surface area (Å²) in [6.45, 7) is 4.60. The van der Waals surface area contributed by atoms with Crippen molar-refractivity contribution in [2.45, 2.75) is 26.4 Å². The van der Waals surface area contributed by atoms with E-state index in [9.17, 15) is 4.39 Å². The standard InChI is InChI=1S/C17H20FNO/c1-12-9-13(2)11-16(10-12)20-17(7-8-19)14-3-5-15(18)6-4-14/h3-6,9-11,17H,7-8,19H2,1-2H3. The Labute approximate surface area is 119 Å². The van der Waals surface area contributed by atoms with E-state index in [2.05, 4.69) is 6.07 Å². The zero-order chi connectivity index (χ0) is 14.5. The monoisotopic (exact) mass is 273 g/mol. The molecule has 1 atom stereocenters. The minimum absolute atomic E-state index is 0.151. The molecule has 0 aromatic heterocycles. The summed E-state index contributed by atoms with van der Waals surface area (Å²) >= 11 is 0. The Balaban J connectivity index is 2.22. The number of rotatable bonds is 5. The minimum atomic E-state index is -0.244. The van der Waals surface area contributed by atoms with Crippen LogP contribution in [-0.2, 0) is 0 Å². The second-order valence-corrected chi connectivity index (χ2v) is 5.06. The van der Waals surface area contributed by atoms with E-state index in [-0.39, 0.29) is 11.9 Å². The van der Waals surface area contributed by atoms with Crippen molar-refractivity contribution in [2.24, 2.45) is 5.73 Å². The molecule has 2 nitrogen and oxygen atoms in total. The molecule has 2 rings (SSSR count). The van der Waals surface area contributed by atoms with Crippen molar-refractivity contribution in [1.82, 2.24) is 0 Å². The van der Waals surface area contributed by atoms with E-state index in [1.807, 2.05) is 26.0 Å². The van der Waals surface area contributed by atoms with E-state index >= 15 is 0 Å². The average Bonchev–Trinajstić information content (AvgIpc) is 2.38. The molecule has 0 fully saturated rings. The summed E-state index contributed by atoms with van der Waals surface area (Å²) in [6.07, 6.45) is 0.542. The van der Waals surface area contributed by atoms with Crippen molar-refractivity contribution in [3.05, 3.63) is 65.0 Å². The largest absolute Gasteiger partial charge is 0.486 e. The summed E-state index contributed by atoms with van der Waals surface area (Å²) in [7, 11) is 0. The SMILES string of the molecule is Cc1cc(C)cc(OC(CCN)c2ccc(F)cc2)c1. The number of aryl methyl sites for hydroxylation is 2. The third-order valence-electron chi connectivity index (χ3n) is 3.14. The van der Waals surface area contributed by atoms with Crippen molar-refractivity contribution < 1.29 is 9.13 Å². The molecule has 0 aliphatic carbocycles. The Morgan fingerprint density at radius 3 is 2.20 bits per heavy atom. The Bertz CT molecular complexity index is 545. The van der Waals surface area contributed by atoms with Gasteiger partial charge in [0.25, 0.3) is 0 Å². The summed E-state index contributed by atoms with van der Waals surface area (Å²) in [5.74, 6) is 0.580. The van der Waals surface area contributed by atoms with Gasteiger partial charge in [0.2, 0.25) is 0 Å². The number of benzene rings is 2. The molecule has 0 radical (unpaired) electrons. The Morgan fingerprint density at radius 2 is 1.65 bits per heavy atom. The fraction of sp³-hybridized carbons (Fsp3) is 0.294. The Morgan fingerprint density at radius 1 is 1.05 bits per heavy atom. The fourth-order valence-corrected chi connectivity index (χ4v) is 2.29. The number of hydrogen-bond donors (Lipinski definition) is 1. The Kier molecular flexibility index (Phi) is 4.74. The van der Waals surface area contributed by atoms with Crippen molar-refractivity contribution in [3.8, 4) is 5.75 Å². The van der Waals surface area contributed by atoms with Gasteiger partial charge in [-0.2, -0.15) is 0 Å². The molecule has 0 amide bonds. The minimum Gasteiger partial charge on any atom is -0.486 e. The van der Waals surface area contributed by atoms with Gasteiger partial charge in [-0.05, 0) is 61.3 Å². The number of ether oxygens (including phenoxy) is 1. The second kappa shape index (κ2) is 6.53. The van der Waals surface area contributed by atoms with E-state index < -0.39 is 0 Å². The van der Waals surface area contributed by atoms with Crippen LogP contribution in [0.5, 0.6) is 5.75 Å². The first-order chi connectivity index (χ1) is 9.58. The average molecular weight is 273 g/mol. The molecular formula is C17H20FNO. The molecule has 0 saturated carbocycles. The predicted molar refractivity (Wildman–Crippen MR) is 79.4 cm³/mol. The highest BCUT2D eigenvalue weighted by atomic mass is 19.1. The van der Waals surface area contributed by atoms with Crippen molar-refractivity contribution in [3.63, 3.8) is 0 Å². The molecule has 2 N–H and O–H groups in total. The first-order valence-electron chi connectivity index (χ1n) is 6.79. The van der Waals surface area contributed by atoms with Gasteiger partial charge < -0.3 is 10.5 Å². The molecule has 0 heterocycles. The van der Waals surface area contributed by atoms with Crippen LogP contribution in [0.25, 0.3) is 0 Å². The van der Waals surface area contributed by atoms with Crippen molar-refractivity contribution in [2.75, 3.05) is 6.54 Å². The van der Waals surface area contributed by atoms with Gasteiger partial charge in [-0.15, -0.1) is 0 Å².